The van der Waals surface area contributed by atoms with Crippen molar-refractivity contribution in [3.05, 3.63) is 28.6 Å². The van der Waals surface area contributed by atoms with Crippen LogP contribution < -0.4 is 5.32 Å². The Bertz CT molecular complexity index is 704. The second kappa shape index (κ2) is 4.48. The summed E-state index contributed by atoms with van der Waals surface area (Å²) in [5.74, 6) is -0.693. The van der Waals surface area contributed by atoms with Crippen LogP contribution in [0.2, 0.25) is 0 Å². The molecule has 8 nitrogen and oxygen atoms in total. The lowest BCUT2D eigenvalue weighted by Gasteiger charge is -2.06. The van der Waals surface area contributed by atoms with Crippen LogP contribution in [0.25, 0.3) is 11.0 Å². The van der Waals surface area contributed by atoms with Crippen LogP contribution >= 0.6 is 0 Å². The molecule has 0 aliphatic heterocycles. The third kappa shape index (κ3) is 2.28. The number of hydrogen-bond acceptors (Lipinski definition) is 5. The summed E-state index contributed by atoms with van der Waals surface area (Å²) in [6.45, 7) is 2.61. The van der Waals surface area contributed by atoms with Crippen LogP contribution in [0.1, 0.15) is 18.6 Å². The molecule has 2 rings (SSSR count). The molecule has 2 aromatic rings. The molecule has 1 aromatic heterocycles. The number of carbonyl (C=O) groups excluding carboxylic acids is 2. The molecule has 0 saturated carbocycles. The van der Waals surface area contributed by atoms with Crippen molar-refractivity contribution in [3.8, 4) is 0 Å². The topological polar surface area (TPSA) is 107 Å². The molecule has 0 bridgehead atoms. The number of nitrogens with one attached hydrogen (secondary N) is 1. The minimum atomic E-state index is -0.586. The molecule has 98 valence electrons. The molecule has 1 N–H and O–H groups in total. The first kappa shape index (κ1) is 12.7. The van der Waals surface area contributed by atoms with E-state index in [9.17, 15) is 19.7 Å². The fourth-order valence-electron chi connectivity index (χ4n) is 1.76. The van der Waals surface area contributed by atoms with Gasteiger partial charge in [-0.05, 0) is 0 Å². The predicted octanol–water partition coefficient (Wildman–Crippen LogP) is 1.56. The number of nitro groups is 1. The predicted molar refractivity (Wildman–Crippen MR) is 67.0 cm³/mol. The maximum atomic E-state index is 11.5. The summed E-state index contributed by atoms with van der Waals surface area (Å²) in [5.41, 5.74) is 0.593. The van der Waals surface area contributed by atoms with E-state index in [0.717, 1.165) is 0 Å². The smallest absolute Gasteiger partial charge is 0.273 e. The first-order chi connectivity index (χ1) is 8.90. The minimum Gasteiger partial charge on any atom is -0.324 e. The maximum absolute atomic E-state index is 11.5. The average Bonchev–Trinajstić information content (AvgIpc) is 2.71. The largest absolute Gasteiger partial charge is 0.324 e. The molecule has 0 saturated heterocycles. The summed E-state index contributed by atoms with van der Waals surface area (Å²) >= 11 is 0. The number of imidazole rings is 1. The number of rotatable bonds is 2. The van der Waals surface area contributed by atoms with Gasteiger partial charge in [-0.15, -0.1) is 0 Å². The Morgan fingerprint density at radius 1 is 1.37 bits per heavy atom. The van der Waals surface area contributed by atoms with Crippen molar-refractivity contribution in [1.29, 1.82) is 0 Å². The highest BCUT2D eigenvalue weighted by atomic mass is 16.6. The van der Waals surface area contributed by atoms with Gasteiger partial charge in [0.05, 0.1) is 21.6 Å². The second-order valence-electron chi connectivity index (χ2n) is 3.93. The van der Waals surface area contributed by atoms with Gasteiger partial charge in [0.1, 0.15) is 6.33 Å². The van der Waals surface area contributed by atoms with Crippen molar-refractivity contribution < 1.29 is 14.5 Å². The highest BCUT2D eigenvalue weighted by Gasteiger charge is 2.17. The number of carbonyl (C=O) groups is 2. The van der Waals surface area contributed by atoms with Gasteiger partial charge in [0.15, 0.2) is 0 Å². The molecule has 0 spiro atoms. The molecule has 0 unspecified atom stereocenters. The molecule has 19 heavy (non-hydrogen) atoms. The highest BCUT2D eigenvalue weighted by Crippen LogP contribution is 2.28. The molecular weight excluding hydrogens is 252 g/mol. The van der Waals surface area contributed by atoms with E-state index in [4.69, 9.17) is 0 Å². The number of non-ortho nitro benzene ring substituents is 1. The number of fused-ring (bicyclic) bond motifs is 1. The van der Waals surface area contributed by atoms with Crippen LogP contribution in [0.5, 0.6) is 0 Å². The highest BCUT2D eigenvalue weighted by molar-refractivity contribution is 6.03. The van der Waals surface area contributed by atoms with Gasteiger partial charge in [-0.1, -0.05) is 0 Å². The molecule has 0 fully saturated rings. The van der Waals surface area contributed by atoms with Crippen LogP contribution in [0.4, 0.5) is 11.4 Å². The van der Waals surface area contributed by atoms with E-state index in [-0.39, 0.29) is 22.8 Å². The Kier molecular flexibility index (Phi) is 2.99. The van der Waals surface area contributed by atoms with Crippen LogP contribution in [0.15, 0.2) is 18.5 Å². The van der Waals surface area contributed by atoms with Gasteiger partial charge in [-0.2, -0.15) is 0 Å². The van der Waals surface area contributed by atoms with Crippen molar-refractivity contribution in [1.82, 2.24) is 9.55 Å². The van der Waals surface area contributed by atoms with Crippen molar-refractivity contribution in [2.45, 2.75) is 13.8 Å². The van der Waals surface area contributed by atoms with E-state index in [1.165, 1.54) is 36.9 Å². The van der Waals surface area contributed by atoms with Gasteiger partial charge in [-0.3, -0.25) is 24.3 Å². The number of nitro benzene ring substituents is 1. The van der Waals surface area contributed by atoms with Crippen LogP contribution in [0, 0.1) is 10.1 Å². The summed E-state index contributed by atoms with van der Waals surface area (Å²) < 4.78 is 1.23. The normalized spacial score (nSPS) is 10.4. The third-order valence-corrected chi connectivity index (χ3v) is 2.49. The van der Waals surface area contributed by atoms with Crippen molar-refractivity contribution >= 4 is 34.2 Å². The average molecular weight is 262 g/mol. The zero-order valence-corrected chi connectivity index (χ0v) is 10.2. The quantitative estimate of drug-likeness (QED) is 0.652. The van der Waals surface area contributed by atoms with E-state index < -0.39 is 10.8 Å². The monoisotopic (exact) mass is 262 g/mol. The van der Waals surface area contributed by atoms with Crippen LogP contribution in [-0.4, -0.2) is 26.3 Å². The standard InChI is InChI=1S/C11H10N4O4/c1-6(16)13-10-4-8(15(18)19)3-9-11(10)14(5-12-9)7(2)17/h3-5H,1-2H3,(H,13,16). The number of anilines is 1. The Hall–Kier alpha value is -2.77. The summed E-state index contributed by atoms with van der Waals surface area (Å²) in [7, 11) is 0. The van der Waals surface area contributed by atoms with Crippen LogP contribution in [-0.2, 0) is 4.79 Å². The molecule has 1 amide bonds. The van der Waals surface area contributed by atoms with Crippen molar-refractivity contribution in [2.75, 3.05) is 5.32 Å². The van der Waals surface area contributed by atoms with Gasteiger partial charge < -0.3 is 5.32 Å². The SMILES string of the molecule is CC(=O)Nc1cc([N+](=O)[O-])cc2ncn(C(C)=O)c12. The van der Waals surface area contributed by atoms with Gasteiger partial charge in [0.25, 0.3) is 5.69 Å². The summed E-state index contributed by atoms with van der Waals surface area (Å²) in [6, 6.07) is 2.45. The lowest BCUT2D eigenvalue weighted by molar-refractivity contribution is -0.384. The molecular formula is C11H10N4O4. The van der Waals surface area contributed by atoms with E-state index in [0.29, 0.717) is 5.52 Å². The summed E-state index contributed by atoms with van der Waals surface area (Å²) in [4.78, 5) is 36.8. The Morgan fingerprint density at radius 2 is 2.05 bits per heavy atom. The van der Waals surface area contributed by atoms with E-state index in [1.807, 2.05) is 0 Å². The van der Waals surface area contributed by atoms with E-state index in [1.54, 1.807) is 0 Å². The van der Waals surface area contributed by atoms with Gasteiger partial charge in [0.2, 0.25) is 11.8 Å². The molecule has 8 heteroatoms. The zero-order valence-electron chi connectivity index (χ0n) is 10.2. The van der Waals surface area contributed by atoms with E-state index >= 15 is 0 Å². The maximum Gasteiger partial charge on any atom is 0.273 e. The second-order valence-corrected chi connectivity index (χ2v) is 3.93. The molecule has 0 aliphatic carbocycles. The van der Waals surface area contributed by atoms with Crippen molar-refractivity contribution in [3.63, 3.8) is 0 Å². The number of aromatic nitrogens is 2. The number of benzene rings is 1. The Balaban J connectivity index is 2.77. The molecule has 0 atom stereocenters. The number of nitrogens with zero attached hydrogens (tertiary/aromatic N) is 3. The third-order valence-electron chi connectivity index (χ3n) is 2.49. The molecule has 1 aromatic carbocycles. The van der Waals surface area contributed by atoms with Gasteiger partial charge in [0, 0.05) is 26.0 Å². The summed E-state index contributed by atoms with van der Waals surface area (Å²) in [6.07, 6.45) is 1.27. The van der Waals surface area contributed by atoms with Crippen molar-refractivity contribution in [2.24, 2.45) is 0 Å². The molecule has 1 heterocycles. The first-order valence-corrected chi connectivity index (χ1v) is 5.34. The number of amides is 1. The summed E-state index contributed by atoms with van der Waals surface area (Å²) in [5, 5.41) is 13.3. The Morgan fingerprint density at radius 3 is 2.58 bits per heavy atom. The lowest BCUT2D eigenvalue weighted by Crippen LogP contribution is -2.10. The van der Waals surface area contributed by atoms with E-state index in [2.05, 4.69) is 10.3 Å². The first-order valence-electron chi connectivity index (χ1n) is 5.34. The fourth-order valence-corrected chi connectivity index (χ4v) is 1.76. The Labute approximate surface area is 107 Å². The number of hydrogen-bond donors (Lipinski definition) is 1. The fraction of sp³-hybridized carbons (Fsp3) is 0.182. The van der Waals surface area contributed by atoms with Gasteiger partial charge in [-0.25, -0.2) is 4.98 Å². The lowest BCUT2D eigenvalue weighted by atomic mass is 10.2. The minimum absolute atomic E-state index is 0.185. The zero-order chi connectivity index (χ0) is 14.2. The van der Waals surface area contributed by atoms with Gasteiger partial charge >= 0.3 is 0 Å². The van der Waals surface area contributed by atoms with Crippen LogP contribution in [0.3, 0.4) is 0 Å². The molecule has 0 aliphatic rings. The molecule has 0 radical (unpaired) electrons.